The summed E-state index contributed by atoms with van der Waals surface area (Å²) in [6, 6.07) is 3.74. The van der Waals surface area contributed by atoms with Gasteiger partial charge in [0.1, 0.15) is 12.4 Å². The van der Waals surface area contributed by atoms with Crippen molar-refractivity contribution in [1.82, 2.24) is 15.6 Å². The van der Waals surface area contributed by atoms with Crippen LogP contribution in [0.15, 0.2) is 29.5 Å². The van der Waals surface area contributed by atoms with E-state index in [1.54, 1.807) is 12.4 Å². The Balaban J connectivity index is 2.49. The van der Waals surface area contributed by atoms with E-state index in [-0.39, 0.29) is 12.0 Å². The average Bonchev–Trinajstić information content (AvgIpc) is 2.63. The molecule has 0 aromatic carbocycles. The normalized spacial score (nSPS) is 12.1. The lowest BCUT2D eigenvalue weighted by atomic mass is 9.79. The minimum atomic E-state index is 0.0727. The third-order valence-electron chi connectivity index (χ3n) is 4.36. The quantitative estimate of drug-likeness (QED) is 0.328. The average molecular weight is 336 g/mol. The van der Waals surface area contributed by atoms with Crippen LogP contribution in [0, 0.1) is 5.41 Å². The molecule has 136 valence electrons. The molecule has 1 rings (SSSR count). The van der Waals surface area contributed by atoms with Gasteiger partial charge in [0.25, 0.3) is 0 Å². The van der Waals surface area contributed by atoms with Gasteiger partial charge in [-0.15, -0.1) is 0 Å². The Morgan fingerprint density at radius 3 is 2.67 bits per heavy atom. The Morgan fingerprint density at radius 1 is 1.29 bits per heavy atom. The summed E-state index contributed by atoms with van der Waals surface area (Å²) in [6.07, 6.45) is 6.23. The van der Waals surface area contributed by atoms with Crippen LogP contribution in [0.2, 0.25) is 0 Å². The van der Waals surface area contributed by atoms with Gasteiger partial charge in [0.2, 0.25) is 0 Å². The number of nitrogens with zero attached hydrogens (tertiary/aromatic N) is 2. The molecule has 0 amide bonds. The zero-order chi connectivity index (χ0) is 17.7. The van der Waals surface area contributed by atoms with Crippen LogP contribution in [-0.4, -0.2) is 48.9 Å². The van der Waals surface area contributed by atoms with Crippen molar-refractivity contribution >= 4 is 5.96 Å². The van der Waals surface area contributed by atoms with Crippen LogP contribution in [-0.2, 0) is 0 Å². The lowest BCUT2D eigenvalue weighted by molar-refractivity contribution is 0.175. The SMILES string of the molecule is CCNC(=NCC(CC)(CC)CCO)NCCOc1cccnc1. The predicted molar refractivity (Wildman–Crippen MR) is 98.4 cm³/mol. The van der Waals surface area contributed by atoms with E-state index < -0.39 is 0 Å². The summed E-state index contributed by atoms with van der Waals surface area (Å²) in [7, 11) is 0. The summed E-state index contributed by atoms with van der Waals surface area (Å²) >= 11 is 0. The van der Waals surface area contributed by atoms with Crippen molar-refractivity contribution in [3.63, 3.8) is 0 Å². The first-order chi connectivity index (χ1) is 11.7. The fourth-order valence-corrected chi connectivity index (χ4v) is 2.50. The standard InChI is InChI=1S/C18H32N4O2/c1-4-18(5-2,9-12-23)15-22-17(20-6-3)21-11-13-24-16-8-7-10-19-14-16/h7-8,10,14,23H,4-6,9,11-13,15H2,1-3H3,(H2,20,21,22). The molecule has 6 heteroatoms. The smallest absolute Gasteiger partial charge is 0.191 e. The second-order valence-corrected chi connectivity index (χ2v) is 5.84. The molecular weight excluding hydrogens is 304 g/mol. The third-order valence-corrected chi connectivity index (χ3v) is 4.36. The minimum absolute atomic E-state index is 0.0727. The van der Waals surface area contributed by atoms with Gasteiger partial charge in [-0.1, -0.05) is 13.8 Å². The van der Waals surface area contributed by atoms with Crippen LogP contribution in [0.4, 0.5) is 0 Å². The van der Waals surface area contributed by atoms with Crippen molar-refractivity contribution in [1.29, 1.82) is 0 Å². The van der Waals surface area contributed by atoms with Crippen LogP contribution < -0.4 is 15.4 Å². The number of aliphatic imine (C=N–C) groups is 1. The van der Waals surface area contributed by atoms with Crippen LogP contribution in [0.3, 0.4) is 0 Å². The fourth-order valence-electron chi connectivity index (χ4n) is 2.50. The van der Waals surface area contributed by atoms with Gasteiger partial charge >= 0.3 is 0 Å². The molecule has 0 aliphatic heterocycles. The largest absolute Gasteiger partial charge is 0.490 e. The minimum Gasteiger partial charge on any atom is -0.490 e. The van der Waals surface area contributed by atoms with Crippen LogP contribution >= 0.6 is 0 Å². The van der Waals surface area contributed by atoms with Gasteiger partial charge in [-0.05, 0) is 43.7 Å². The zero-order valence-corrected chi connectivity index (χ0v) is 15.2. The van der Waals surface area contributed by atoms with Gasteiger partial charge in [-0.2, -0.15) is 0 Å². The van der Waals surface area contributed by atoms with E-state index in [0.29, 0.717) is 19.7 Å². The number of rotatable bonds is 11. The number of hydrogen-bond donors (Lipinski definition) is 3. The van der Waals surface area contributed by atoms with Crippen LogP contribution in [0.1, 0.15) is 40.0 Å². The number of aromatic nitrogens is 1. The molecule has 0 aliphatic rings. The second kappa shape index (κ2) is 11.7. The summed E-state index contributed by atoms with van der Waals surface area (Å²) in [5.74, 6) is 1.55. The second-order valence-electron chi connectivity index (χ2n) is 5.84. The Kier molecular flexibility index (Phi) is 9.84. The highest BCUT2D eigenvalue weighted by atomic mass is 16.5. The van der Waals surface area contributed by atoms with Crippen LogP contribution in [0.25, 0.3) is 0 Å². The Hall–Kier alpha value is -1.82. The number of pyridine rings is 1. The molecular formula is C18H32N4O2. The number of aliphatic hydroxyl groups is 1. The first-order valence-electron chi connectivity index (χ1n) is 8.85. The van der Waals surface area contributed by atoms with E-state index >= 15 is 0 Å². The molecule has 1 heterocycles. The lowest BCUT2D eigenvalue weighted by Crippen LogP contribution is -2.40. The van der Waals surface area contributed by atoms with E-state index in [0.717, 1.165) is 37.5 Å². The first kappa shape index (κ1) is 20.2. The number of hydrogen-bond acceptors (Lipinski definition) is 4. The van der Waals surface area contributed by atoms with Crippen molar-refractivity contribution in [3.8, 4) is 5.75 Å². The molecule has 6 nitrogen and oxygen atoms in total. The van der Waals surface area contributed by atoms with E-state index in [2.05, 4.69) is 29.5 Å². The molecule has 1 aromatic heterocycles. The fraction of sp³-hybridized carbons (Fsp3) is 0.667. The molecule has 0 saturated carbocycles. The molecule has 0 fully saturated rings. The van der Waals surface area contributed by atoms with Gasteiger partial charge < -0.3 is 20.5 Å². The van der Waals surface area contributed by atoms with Gasteiger partial charge in [0, 0.05) is 25.9 Å². The number of nitrogens with one attached hydrogen (secondary N) is 2. The molecule has 0 aliphatic carbocycles. The highest BCUT2D eigenvalue weighted by Gasteiger charge is 2.25. The Morgan fingerprint density at radius 2 is 2.08 bits per heavy atom. The number of ether oxygens (including phenoxy) is 1. The molecule has 0 saturated heterocycles. The van der Waals surface area contributed by atoms with Crippen molar-refractivity contribution in [2.45, 2.75) is 40.0 Å². The topological polar surface area (TPSA) is 78.8 Å². The molecule has 1 aromatic rings. The van der Waals surface area contributed by atoms with Crippen molar-refractivity contribution in [3.05, 3.63) is 24.5 Å². The predicted octanol–water partition coefficient (Wildman–Crippen LogP) is 2.20. The van der Waals surface area contributed by atoms with Gasteiger partial charge in [0.15, 0.2) is 5.96 Å². The maximum absolute atomic E-state index is 9.31. The molecule has 0 unspecified atom stereocenters. The summed E-state index contributed by atoms with van der Waals surface area (Å²) in [6.45, 7) is 9.29. The highest BCUT2D eigenvalue weighted by Crippen LogP contribution is 2.30. The molecule has 3 N–H and O–H groups in total. The first-order valence-corrected chi connectivity index (χ1v) is 8.85. The number of aliphatic hydroxyl groups excluding tert-OH is 1. The van der Waals surface area contributed by atoms with E-state index in [4.69, 9.17) is 9.73 Å². The van der Waals surface area contributed by atoms with Gasteiger partial charge in [-0.3, -0.25) is 9.98 Å². The van der Waals surface area contributed by atoms with Crippen molar-refractivity contribution in [2.24, 2.45) is 10.4 Å². The van der Waals surface area contributed by atoms with Gasteiger partial charge in [0.05, 0.1) is 12.7 Å². The Bertz CT molecular complexity index is 461. The highest BCUT2D eigenvalue weighted by molar-refractivity contribution is 5.79. The maximum Gasteiger partial charge on any atom is 0.191 e. The maximum atomic E-state index is 9.31. The summed E-state index contributed by atoms with van der Waals surface area (Å²) in [5, 5.41) is 15.9. The molecule has 0 spiro atoms. The van der Waals surface area contributed by atoms with Crippen molar-refractivity contribution in [2.75, 3.05) is 32.8 Å². The summed E-state index contributed by atoms with van der Waals surface area (Å²) < 4.78 is 5.62. The molecule has 0 radical (unpaired) electrons. The lowest BCUT2D eigenvalue weighted by Gasteiger charge is -2.29. The molecule has 24 heavy (non-hydrogen) atoms. The third kappa shape index (κ3) is 7.17. The number of guanidine groups is 1. The van der Waals surface area contributed by atoms with E-state index in [9.17, 15) is 5.11 Å². The van der Waals surface area contributed by atoms with Crippen molar-refractivity contribution < 1.29 is 9.84 Å². The monoisotopic (exact) mass is 336 g/mol. The zero-order valence-electron chi connectivity index (χ0n) is 15.2. The molecule has 0 atom stereocenters. The van der Waals surface area contributed by atoms with Crippen LogP contribution in [0.5, 0.6) is 5.75 Å². The summed E-state index contributed by atoms with van der Waals surface area (Å²) in [4.78, 5) is 8.72. The van der Waals surface area contributed by atoms with E-state index in [1.165, 1.54) is 0 Å². The molecule has 0 bridgehead atoms. The summed E-state index contributed by atoms with van der Waals surface area (Å²) in [5.41, 5.74) is 0.0727. The van der Waals surface area contributed by atoms with E-state index in [1.807, 2.05) is 19.1 Å². The van der Waals surface area contributed by atoms with Gasteiger partial charge in [-0.25, -0.2) is 0 Å². The Labute approximate surface area is 145 Å².